The number of nitro benzene ring substituents is 1. The number of hydrogen-bond donors (Lipinski definition) is 0. The van der Waals surface area contributed by atoms with Crippen molar-refractivity contribution in [3.05, 3.63) is 93.8 Å². The SMILES string of the molecule is C=C(COC(=O)Oc1ccc([N+](=O)[O-])cc1)C(=O)N(C)CCN1CCOc2c(cc(C#CC)c(-c3ccccc3OC(=O)OC(C)(C)C)c2F)C1. The number of rotatable bonds is 10. The molecule has 1 aliphatic rings. The third kappa shape index (κ3) is 10.3. The Bertz CT molecular complexity index is 1880. The number of benzene rings is 3. The van der Waals surface area contributed by atoms with Gasteiger partial charge in [-0.05, 0) is 52.0 Å². The second-order valence-electron chi connectivity index (χ2n) is 12.4. The molecule has 1 heterocycles. The van der Waals surface area contributed by atoms with Gasteiger partial charge in [-0.2, -0.15) is 0 Å². The maximum absolute atomic E-state index is 16.4. The summed E-state index contributed by atoms with van der Waals surface area (Å²) in [4.78, 5) is 51.1. The Balaban J connectivity index is 1.40. The van der Waals surface area contributed by atoms with Crippen LogP contribution in [0.2, 0.25) is 0 Å². The molecule has 0 saturated carbocycles. The molecule has 4 rings (SSSR count). The number of hydrogen-bond acceptors (Lipinski definition) is 11. The zero-order valence-corrected chi connectivity index (χ0v) is 28.9. The third-order valence-electron chi connectivity index (χ3n) is 7.36. The smallest absolute Gasteiger partial charge is 0.489 e. The minimum absolute atomic E-state index is 0.00370. The standard InChI is InChI=1S/C37H38FN3O10/c1-7-10-25-21-26-22-40(18-17-39(6)34(42)24(2)23-48-35(43)49-28-15-13-27(14-16-28)41(45)46)19-20-47-33(26)32(38)31(25)29-11-8-9-12-30(29)50-36(44)51-37(3,4)5/h8-9,11-16,21H,2,17-20,22-23H2,1,3-6H3. The van der Waals surface area contributed by atoms with Gasteiger partial charge in [-0.3, -0.25) is 19.8 Å². The minimum atomic E-state index is -1.11. The summed E-state index contributed by atoms with van der Waals surface area (Å²) < 4.78 is 43.1. The number of carbonyl (C=O) groups excluding carboxylic acids is 3. The molecular formula is C37H38FN3O10. The number of ether oxygens (including phenoxy) is 5. The first-order valence-electron chi connectivity index (χ1n) is 15.8. The molecule has 0 atom stereocenters. The van der Waals surface area contributed by atoms with E-state index < -0.39 is 41.2 Å². The molecule has 13 nitrogen and oxygen atoms in total. The van der Waals surface area contributed by atoms with E-state index in [4.69, 9.17) is 23.7 Å². The highest BCUT2D eigenvalue weighted by molar-refractivity contribution is 5.93. The van der Waals surface area contributed by atoms with Gasteiger partial charge in [0.25, 0.3) is 11.6 Å². The second kappa shape index (κ2) is 16.6. The molecular weight excluding hydrogens is 665 g/mol. The average Bonchev–Trinajstić information content (AvgIpc) is 3.28. The first-order chi connectivity index (χ1) is 24.2. The van der Waals surface area contributed by atoms with Crippen LogP contribution in [-0.2, 0) is 20.8 Å². The highest BCUT2D eigenvalue weighted by Crippen LogP contribution is 2.41. The molecule has 0 radical (unpaired) electrons. The fourth-order valence-electron chi connectivity index (χ4n) is 5.00. The Hall–Kier alpha value is -5.94. The van der Waals surface area contributed by atoms with E-state index in [-0.39, 0.29) is 47.2 Å². The lowest BCUT2D eigenvalue weighted by Crippen LogP contribution is -2.38. The summed E-state index contributed by atoms with van der Waals surface area (Å²) in [6, 6.07) is 13.1. The molecule has 268 valence electrons. The van der Waals surface area contributed by atoms with Gasteiger partial charge in [0.15, 0.2) is 11.6 Å². The molecule has 51 heavy (non-hydrogen) atoms. The number of para-hydroxylation sites is 1. The quantitative estimate of drug-likeness (QED) is 0.0569. The van der Waals surface area contributed by atoms with E-state index in [2.05, 4.69) is 18.4 Å². The van der Waals surface area contributed by atoms with E-state index >= 15 is 4.39 Å². The monoisotopic (exact) mass is 703 g/mol. The van der Waals surface area contributed by atoms with Crippen LogP contribution in [-0.4, -0.2) is 78.4 Å². The van der Waals surface area contributed by atoms with E-state index in [9.17, 15) is 24.5 Å². The molecule has 0 unspecified atom stereocenters. The summed E-state index contributed by atoms with van der Waals surface area (Å²) in [5.74, 6) is 4.86. The second-order valence-corrected chi connectivity index (χ2v) is 12.4. The maximum Gasteiger partial charge on any atom is 0.514 e. The fourth-order valence-corrected chi connectivity index (χ4v) is 5.00. The van der Waals surface area contributed by atoms with Gasteiger partial charge in [-0.1, -0.05) is 30.7 Å². The van der Waals surface area contributed by atoms with E-state index in [1.165, 1.54) is 29.2 Å². The molecule has 1 amide bonds. The Kier molecular flexibility index (Phi) is 12.4. The number of non-ortho nitro benzene ring substituents is 1. The summed E-state index contributed by atoms with van der Waals surface area (Å²) in [5, 5.41) is 10.8. The van der Waals surface area contributed by atoms with Crippen molar-refractivity contribution in [2.24, 2.45) is 0 Å². The largest absolute Gasteiger partial charge is 0.514 e. The molecule has 3 aromatic rings. The third-order valence-corrected chi connectivity index (χ3v) is 7.36. The van der Waals surface area contributed by atoms with Crippen molar-refractivity contribution in [2.75, 3.05) is 39.9 Å². The number of halogens is 1. The van der Waals surface area contributed by atoms with Gasteiger partial charge >= 0.3 is 12.3 Å². The van der Waals surface area contributed by atoms with E-state index in [1.54, 1.807) is 65.1 Å². The fraction of sp³-hybridized carbons (Fsp3) is 0.324. The van der Waals surface area contributed by atoms with Crippen LogP contribution in [0.4, 0.5) is 19.7 Å². The zero-order valence-electron chi connectivity index (χ0n) is 28.9. The maximum atomic E-state index is 16.4. The highest BCUT2D eigenvalue weighted by Gasteiger charge is 2.27. The average molecular weight is 704 g/mol. The molecule has 0 fully saturated rings. The number of likely N-dealkylation sites (N-methyl/N-ethyl adjacent to an activating group) is 1. The number of nitrogens with zero attached hydrogens (tertiary/aromatic N) is 3. The molecule has 0 bridgehead atoms. The Morgan fingerprint density at radius 3 is 2.47 bits per heavy atom. The van der Waals surface area contributed by atoms with Crippen molar-refractivity contribution in [1.82, 2.24) is 9.80 Å². The predicted molar refractivity (Wildman–Crippen MR) is 184 cm³/mol. The number of fused-ring (bicyclic) bond motifs is 1. The Morgan fingerprint density at radius 1 is 1.10 bits per heavy atom. The topological polar surface area (TPSA) is 147 Å². The van der Waals surface area contributed by atoms with Gasteiger partial charge in [0.1, 0.15) is 30.3 Å². The summed E-state index contributed by atoms with van der Waals surface area (Å²) >= 11 is 0. The van der Waals surface area contributed by atoms with Gasteiger partial charge in [0.2, 0.25) is 0 Å². The van der Waals surface area contributed by atoms with Gasteiger partial charge < -0.3 is 28.6 Å². The lowest BCUT2D eigenvalue weighted by atomic mass is 9.95. The molecule has 0 aliphatic carbocycles. The van der Waals surface area contributed by atoms with E-state index in [0.29, 0.717) is 36.3 Å². The summed E-state index contributed by atoms with van der Waals surface area (Å²) in [5.41, 5.74) is 0.382. The van der Waals surface area contributed by atoms with Crippen LogP contribution in [0.5, 0.6) is 17.2 Å². The first kappa shape index (κ1) is 37.9. The van der Waals surface area contributed by atoms with Crippen LogP contribution in [0.3, 0.4) is 0 Å². The van der Waals surface area contributed by atoms with Gasteiger partial charge in [0, 0.05) is 73.2 Å². The van der Waals surface area contributed by atoms with Crippen LogP contribution in [0.25, 0.3) is 11.1 Å². The summed E-state index contributed by atoms with van der Waals surface area (Å²) in [7, 11) is 1.57. The minimum Gasteiger partial charge on any atom is -0.489 e. The van der Waals surface area contributed by atoms with Crippen molar-refractivity contribution in [1.29, 1.82) is 0 Å². The normalized spacial score (nSPS) is 12.5. The summed E-state index contributed by atoms with van der Waals surface area (Å²) in [6.07, 6.45) is -2.04. The van der Waals surface area contributed by atoms with E-state index in [1.807, 2.05) is 4.90 Å². The zero-order chi connectivity index (χ0) is 37.3. The first-order valence-corrected chi connectivity index (χ1v) is 15.8. The van der Waals surface area contributed by atoms with Crippen molar-refractivity contribution in [3.8, 4) is 40.2 Å². The van der Waals surface area contributed by atoms with Crippen LogP contribution in [0.15, 0.2) is 66.7 Å². The van der Waals surface area contributed by atoms with Crippen molar-refractivity contribution >= 4 is 23.9 Å². The van der Waals surface area contributed by atoms with Crippen molar-refractivity contribution < 1.29 is 47.4 Å². The van der Waals surface area contributed by atoms with Crippen LogP contribution >= 0.6 is 0 Å². The lowest BCUT2D eigenvalue weighted by Gasteiger charge is -2.24. The number of carbonyl (C=O) groups is 3. The Morgan fingerprint density at radius 2 is 1.80 bits per heavy atom. The van der Waals surface area contributed by atoms with Gasteiger partial charge in [0.05, 0.1) is 4.92 Å². The highest BCUT2D eigenvalue weighted by atomic mass is 19.1. The molecule has 0 spiro atoms. The summed E-state index contributed by atoms with van der Waals surface area (Å²) in [6.45, 7) is 11.6. The van der Waals surface area contributed by atoms with Crippen LogP contribution in [0.1, 0.15) is 38.8 Å². The van der Waals surface area contributed by atoms with Crippen LogP contribution < -0.4 is 14.2 Å². The predicted octanol–water partition coefficient (Wildman–Crippen LogP) is 6.51. The van der Waals surface area contributed by atoms with Gasteiger partial charge in [-0.15, -0.1) is 5.92 Å². The van der Waals surface area contributed by atoms with Crippen LogP contribution in [0, 0.1) is 27.8 Å². The molecule has 14 heteroatoms. The molecule has 3 aromatic carbocycles. The number of nitro groups is 1. The number of amides is 1. The Labute approximate surface area is 294 Å². The van der Waals surface area contributed by atoms with Crippen molar-refractivity contribution in [3.63, 3.8) is 0 Å². The molecule has 0 N–H and O–H groups in total. The lowest BCUT2D eigenvalue weighted by molar-refractivity contribution is -0.384. The molecule has 0 saturated heterocycles. The van der Waals surface area contributed by atoms with E-state index in [0.717, 1.165) is 0 Å². The molecule has 0 aromatic heterocycles. The van der Waals surface area contributed by atoms with Crippen molar-refractivity contribution in [2.45, 2.75) is 39.8 Å². The van der Waals surface area contributed by atoms with Gasteiger partial charge in [-0.25, -0.2) is 14.0 Å². The molecule has 1 aliphatic heterocycles.